The molecule has 26 heavy (non-hydrogen) atoms. The number of halogens is 1. The van der Waals surface area contributed by atoms with Crippen molar-refractivity contribution in [2.24, 2.45) is 0 Å². The number of alkyl carbamates (subject to hydrolysis) is 1. The molecule has 0 saturated carbocycles. The number of carbonyl (C=O) groups is 2. The van der Waals surface area contributed by atoms with Gasteiger partial charge in [0.25, 0.3) is 0 Å². The van der Waals surface area contributed by atoms with Crippen LogP contribution in [-0.2, 0) is 24.1 Å². The highest BCUT2D eigenvalue weighted by atomic mass is 32.2. The van der Waals surface area contributed by atoms with Crippen molar-refractivity contribution in [2.45, 2.75) is 37.3 Å². The summed E-state index contributed by atoms with van der Waals surface area (Å²) in [5.74, 6) is 0. The van der Waals surface area contributed by atoms with Gasteiger partial charge in [-0.15, -0.1) is 0 Å². The number of hydrogen-bond donors (Lipinski definition) is 1. The van der Waals surface area contributed by atoms with E-state index >= 15 is 0 Å². The van der Waals surface area contributed by atoms with Crippen LogP contribution in [-0.4, -0.2) is 45.4 Å². The molecule has 9 heteroatoms. The molecule has 1 aromatic carbocycles. The quantitative estimate of drug-likeness (QED) is 0.754. The minimum Gasteiger partial charge on any atom is -0.444 e. The predicted molar refractivity (Wildman–Crippen MR) is 91.7 cm³/mol. The van der Waals surface area contributed by atoms with E-state index in [-0.39, 0.29) is 16.4 Å². The number of carbonyl (C=O) groups excluding carboxylic acids is 2. The molecule has 0 saturated heterocycles. The molecule has 142 valence electrons. The van der Waals surface area contributed by atoms with Crippen LogP contribution in [0, 0.1) is 0 Å². The first-order valence-corrected chi connectivity index (χ1v) is 9.30. The van der Waals surface area contributed by atoms with E-state index in [2.05, 4.69) is 0 Å². The smallest absolute Gasteiger partial charge is 0.408 e. The van der Waals surface area contributed by atoms with Gasteiger partial charge in [0, 0.05) is 0 Å². The number of fused-ring (bicyclic) bond motifs is 1. The molecule has 1 heterocycles. The van der Waals surface area contributed by atoms with Crippen LogP contribution >= 0.6 is 0 Å². The van der Waals surface area contributed by atoms with Crippen molar-refractivity contribution >= 4 is 28.0 Å². The maximum absolute atomic E-state index is 13.0. The summed E-state index contributed by atoms with van der Waals surface area (Å²) in [6.07, 6.45) is 0.281. The lowest BCUT2D eigenvalue weighted by atomic mass is 10.2. The zero-order valence-electron chi connectivity index (χ0n) is 14.6. The van der Waals surface area contributed by atoms with E-state index < -0.39 is 40.2 Å². The fourth-order valence-electron chi connectivity index (χ4n) is 2.17. The molecule has 0 bridgehead atoms. The lowest BCUT2D eigenvalue weighted by Crippen LogP contribution is -2.44. The topological polar surface area (TPSA) is 98.8 Å². The molecule has 1 aromatic rings. The Bertz CT molecular complexity index is 841. The van der Waals surface area contributed by atoms with Crippen molar-refractivity contribution in [1.29, 1.82) is 0 Å². The summed E-state index contributed by atoms with van der Waals surface area (Å²) in [6, 6.07) is 3.04. The van der Waals surface area contributed by atoms with Gasteiger partial charge >= 0.3 is 12.1 Å². The van der Waals surface area contributed by atoms with E-state index in [1.165, 1.54) is 12.1 Å². The summed E-state index contributed by atoms with van der Waals surface area (Å²) in [7, 11) is -3.73. The van der Waals surface area contributed by atoms with Gasteiger partial charge in [-0.2, -0.15) is 4.39 Å². The third-order valence-electron chi connectivity index (χ3n) is 3.46. The number of nitrogens with one attached hydrogen (secondary N) is 1. The molecule has 0 spiro atoms. The molecule has 2 rings (SSSR count). The van der Waals surface area contributed by atoms with E-state index in [1.54, 1.807) is 39.0 Å². The number of rotatable bonds is 6. The second kappa shape index (κ2) is 7.55. The number of benzene rings is 1. The van der Waals surface area contributed by atoms with Crippen molar-refractivity contribution < 1.29 is 31.9 Å². The van der Waals surface area contributed by atoms with Crippen molar-refractivity contribution in [1.82, 2.24) is 5.32 Å². The van der Waals surface area contributed by atoms with Gasteiger partial charge in [-0.05, 0) is 38.5 Å². The van der Waals surface area contributed by atoms with E-state index in [0.717, 1.165) is 0 Å². The molecule has 7 nitrogen and oxygen atoms in total. The van der Waals surface area contributed by atoms with Gasteiger partial charge < -0.3 is 14.8 Å². The Morgan fingerprint density at radius 1 is 1.23 bits per heavy atom. The molecule has 1 aliphatic rings. The highest BCUT2D eigenvalue weighted by Gasteiger charge is 2.30. The molecular formula is C17H20FNO6S. The Morgan fingerprint density at radius 2 is 1.88 bits per heavy atom. The van der Waals surface area contributed by atoms with Gasteiger partial charge in [0.2, 0.25) is 9.84 Å². The zero-order valence-corrected chi connectivity index (χ0v) is 15.4. The fourth-order valence-corrected chi connectivity index (χ4v) is 3.65. The number of hydrogen-bond acceptors (Lipinski definition) is 6. The fraction of sp³-hybridized carbons (Fsp3) is 0.412. The Balaban J connectivity index is 1.95. The first-order chi connectivity index (χ1) is 12.0. The van der Waals surface area contributed by atoms with Gasteiger partial charge in [-0.1, -0.05) is 18.2 Å². The van der Waals surface area contributed by atoms with Crippen molar-refractivity contribution in [3.63, 3.8) is 0 Å². The summed E-state index contributed by atoms with van der Waals surface area (Å²) in [6.45, 7) is 4.22. The second-order valence-corrected chi connectivity index (χ2v) is 8.62. The van der Waals surface area contributed by atoms with Crippen LogP contribution in [0.4, 0.5) is 9.18 Å². The summed E-state index contributed by atoms with van der Waals surface area (Å²) in [4.78, 5) is 22.8. The SMILES string of the molecule is CC(C)(C)OC[C@H](NC(=O)OCC1=Cc2ccccc2S1(=O)=O)C(=O)F. The van der Waals surface area contributed by atoms with E-state index in [9.17, 15) is 22.4 Å². The van der Waals surface area contributed by atoms with Crippen LogP contribution in [0.1, 0.15) is 26.3 Å². The predicted octanol–water partition coefficient (Wildman–Crippen LogP) is 2.22. The van der Waals surface area contributed by atoms with Gasteiger partial charge in [0.1, 0.15) is 12.6 Å². The monoisotopic (exact) mass is 385 g/mol. The highest BCUT2D eigenvalue weighted by Crippen LogP contribution is 2.32. The molecular weight excluding hydrogens is 365 g/mol. The van der Waals surface area contributed by atoms with E-state index in [1.807, 2.05) is 5.32 Å². The Morgan fingerprint density at radius 3 is 2.46 bits per heavy atom. The van der Waals surface area contributed by atoms with Crippen LogP contribution < -0.4 is 5.32 Å². The number of sulfone groups is 1. The van der Waals surface area contributed by atoms with Gasteiger partial charge in [-0.3, -0.25) is 4.79 Å². The van der Waals surface area contributed by atoms with Crippen molar-refractivity contribution in [3.05, 3.63) is 34.7 Å². The minimum absolute atomic E-state index is 0.0945. The normalized spacial score (nSPS) is 16.4. The largest absolute Gasteiger partial charge is 0.444 e. The van der Waals surface area contributed by atoms with Crippen LogP contribution in [0.25, 0.3) is 6.08 Å². The van der Waals surface area contributed by atoms with Crippen molar-refractivity contribution in [3.8, 4) is 0 Å². The molecule has 0 radical (unpaired) electrons. The van der Waals surface area contributed by atoms with Crippen LogP contribution in [0.2, 0.25) is 0 Å². The molecule has 1 N–H and O–H groups in total. The average molecular weight is 385 g/mol. The Kier molecular flexibility index (Phi) is 5.82. The summed E-state index contributed by atoms with van der Waals surface area (Å²) in [5, 5.41) is 2.03. The second-order valence-electron chi connectivity index (χ2n) is 6.65. The lowest BCUT2D eigenvalue weighted by Gasteiger charge is -2.22. The van der Waals surface area contributed by atoms with Crippen LogP contribution in [0.15, 0.2) is 34.1 Å². The Hall–Kier alpha value is -2.26. The molecule has 0 aromatic heterocycles. The molecule has 1 aliphatic heterocycles. The van der Waals surface area contributed by atoms with Gasteiger partial charge in [0.05, 0.1) is 22.0 Å². The Labute approximate surface area is 151 Å². The molecule has 0 unspecified atom stereocenters. The first kappa shape index (κ1) is 20.1. The molecule has 0 fully saturated rings. The average Bonchev–Trinajstić information content (AvgIpc) is 2.79. The third kappa shape index (κ3) is 4.89. The summed E-state index contributed by atoms with van der Waals surface area (Å²) >= 11 is 0. The van der Waals surface area contributed by atoms with E-state index in [0.29, 0.717) is 5.56 Å². The van der Waals surface area contributed by atoms with Crippen LogP contribution in [0.5, 0.6) is 0 Å². The lowest BCUT2D eigenvalue weighted by molar-refractivity contribution is -0.134. The highest BCUT2D eigenvalue weighted by molar-refractivity contribution is 7.95. The van der Waals surface area contributed by atoms with Gasteiger partial charge in [-0.25, -0.2) is 13.2 Å². The molecule has 1 amide bonds. The summed E-state index contributed by atoms with van der Waals surface area (Å²) < 4.78 is 47.8. The molecule has 1 atom stereocenters. The first-order valence-electron chi connectivity index (χ1n) is 7.82. The number of amides is 1. The van der Waals surface area contributed by atoms with E-state index in [4.69, 9.17) is 9.47 Å². The molecule has 0 aliphatic carbocycles. The standard InChI is InChI=1S/C17H20FNO6S/c1-17(2,3)25-10-13(15(18)20)19-16(21)24-9-12-8-11-6-4-5-7-14(11)26(12,22)23/h4-8,13H,9-10H2,1-3H3,(H,19,21)/t13-/m0/s1. The van der Waals surface area contributed by atoms with Crippen molar-refractivity contribution in [2.75, 3.05) is 13.2 Å². The minimum atomic E-state index is -3.73. The zero-order chi connectivity index (χ0) is 19.5. The maximum atomic E-state index is 13.0. The van der Waals surface area contributed by atoms with Crippen LogP contribution in [0.3, 0.4) is 0 Å². The van der Waals surface area contributed by atoms with Gasteiger partial charge in [0.15, 0.2) is 0 Å². The number of ether oxygens (including phenoxy) is 2. The third-order valence-corrected chi connectivity index (χ3v) is 5.34. The maximum Gasteiger partial charge on any atom is 0.408 e. The summed E-state index contributed by atoms with van der Waals surface area (Å²) in [5.41, 5.74) is -0.129.